The van der Waals surface area contributed by atoms with Crippen molar-refractivity contribution in [3.63, 3.8) is 0 Å². The smallest absolute Gasteiger partial charge is 0.263 e. The number of carbonyl (C=O) groups is 1. The average Bonchev–Trinajstić information content (AvgIpc) is 3.07. The number of allylic oxidation sites excluding steroid dienone is 1. The molecule has 2 aliphatic carbocycles. The maximum atomic E-state index is 13.3. The minimum Gasteiger partial charge on any atom is -0.490 e. The monoisotopic (exact) mass is 581 g/mol. The second-order valence-electron chi connectivity index (χ2n) is 12.4. The highest BCUT2D eigenvalue weighted by Crippen LogP contribution is 2.46. The van der Waals surface area contributed by atoms with Gasteiger partial charge in [0.1, 0.15) is 16.7 Å². The molecule has 0 saturated heterocycles. The first-order valence-electron chi connectivity index (χ1n) is 14.7. The van der Waals surface area contributed by atoms with Gasteiger partial charge in [0.15, 0.2) is 0 Å². The average molecular weight is 582 g/mol. The number of aryl methyl sites for hydroxylation is 1. The van der Waals surface area contributed by atoms with E-state index in [9.17, 15) is 9.00 Å². The van der Waals surface area contributed by atoms with E-state index in [4.69, 9.17) is 22.1 Å². The molecule has 6 rings (SSSR count). The Hall–Kier alpha value is -2.35. The molecule has 1 saturated carbocycles. The topological polar surface area (TPSA) is 84.7 Å². The van der Waals surface area contributed by atoms with Crippen LogP contribution in [0.3, 0.4) is 0 Å². The number of nitrogens with two attached hydrogens (primary N) is 1. The second-order valence-corrected chi connectivity index (χ2v) is 14.4. The van der Waals surface area contributed by atoms with Crippen LogP contribution in [0.25, 0.3) is 0 Å². The summed E-state index contributed by atoms with van der Waals surface area (Å²) in [4.78, 5) is 15.7. The Morgan fingerprint density at radius 1 is 1.18 bits per heavy atom. The third-order valence-corrected chi connectivity index (χ3v) is 11.7. The molecular formula is C32H40ClN3O3S. The van der Waals surface area contributed by atoms with Gasteiger partial charge in [0.25, 0.3) is 5.91 Å². The van der Waals surface area contributed by atoms with Crippen LogP contribution in [0, 0.1) is 17.8 Å². The van der Waals surface area contributed by atoms with Gasteiger partial charge in [0, 0.05) is 35.1 Å². The number of anilines is 1. The highest BCUT2D eigenvalue weighted by molar-refractivity contribution is 7.84. The third kappa shape index (κ3) is 5.21. The summed E-state index contributed by atoms with van der Waals surface area (Å²) in [5, 5.41) is 0.587. The Balaban J connectivity index is 1.41. The van der Waals surface area contributed by atoms with Gasteiger partial charge in [-0.2, -0.15) is 0 Å². The summed E-state index contributed by atoms with van der Waals surface area (Å²) in [6.45, 7) is 6.24. The van der Waals surface area contributed by atoms with Crippen molar-refractivity contribution in [2.45, 2.75) is 69.1 Å². The molecule has 214 valence electrons. The third-order valence-electron chi connectivity index (χ3n) is 9.92. The molecule has 1 spiro atoms. The summed E-state index contributed by atoms with van der Waals surface area (Å²) in [5.41, 5.74) is 10.6. The number of halogens is 1. The first-order valence-corrected chi connectivity index (χ1v) is 16.3. The summed E-state index contributed by atoms with van der Waals surface area (Å²) in [7, 11) is -1.50. The zero-order valence-electron chi connectivity index (χ0n) is 23.4. The van der Waals surface area contributed by atoms with E-state index < -0.39 is 11.0 Å². The predicted octanol–water partition coefficient (Wildman–Crippen LogP) is 5.54. The Morgan fingerprint density at radius 2 is 2.02 bits per heavy atom. The van der Waals surface area contributed by atoms with Crippen molar-refractivity contribution in [3.05, 3.63) is 70.3 Å². The SMILES string of the molecule is CC1C/C=C/C(N)C2CCC2CN2C[C@@]3(CCCc4cc(Cl)ccc43)COc3ccc(cc32)C(=O)NS(=O)C1C. The van der Waals surface area contributed by atoms with Crippen molar-refractivity contribution in [3.8, 4) is 5.75 Å². The molecule has 7 atom stereocenters. The van der Waals surface area contributed by atoms with Crippen LogP contribution < -0.4 is 20.1 Å². The van der Waals surface area contributed by atoms with Crippen molar-refractivity contribution in [2.75, 3.05) is 24.6 Å². The lowest BCUT2D eigenvalue weighted by molar-refractivity contribution is 0.0982. The molecule has 1 fully saturated rings. The maximum absolute atomic E-state index is 13.3. The molecule has 8 heteroatoms. The summed E-state index contributed by atoms with van der Waals surface area (Å²) in [6.07, 6.45) is 10.5. The molecule has 2 aromatic carbocycles. The van der Waals surface area contributed by atoms with Crippen LogP contribution in [0.2, 0.25) is 5.02 Å². The molecule has 0 radical (unpaired) electrons. The van der Waals surface area contributed by atoms with E-state index in [0.717, 1.165) is 68.1 Å². The van der Waals surface area contributed by atoms with Crippen LogP contribution in [0.15, 0.2) is 48.6 Å². The molecule has 4 aliphatic rings. The lowest BCUT2D eigenvalue weighted by Gasteiger charge is -2.45. The Labute approximate surface area is 245 Å². The van der Waals surface area contributed by atoms with E-state index in [0.29, 0.717) is 24.0 Å². The number of hydrogen-bond donors (Lipinski definition) is 2. The van der Waals surface area contributed by atoms with Crippen molar-refractivity contribution in [1.29, 1.82) is 0 Å². The van der Waals surface area contributed by atoms with E-state index >= 15 is 0 Å². The van der Waals surface area contributed by atoms with Gasteiger partial charge in [-0.15, -0.1) is 0 Å². The molecule has 2 aromatic rings. The fraction of sp³-hybridized carbons (Fsp3) is 0.531. The molecular weight excluding hydrogens is 542 g/mol. The van der Waals surface area contributed by atoms with Crippen LogP contribution in [0.1, 0.15) is 67.4 Å². The summed E-state index contributed by atoms with van der Waals surface area (Å²) >= 11 is 6.40. The van der Waals surface area contributed by atoms with Crippen LogP contribution in [0.4, 0.5) is 5.69 Å². The number of carbonyl (C=O) groups excluding carboxylic acids is 1. The molecule has 2 aliphatic heterocycles. The van der Waals surface area contributed by atoms with Gasteiger partial charge in [-0.3, -0.25) is 9.52 Å². The quantitative estimate of drug-likeness (QED) is 0.399. The van der Waals surface area contributed by atoms with Crippen molar-refractivity contribution in [2.24, 2.45) is 23.5 Å². The largest absolute Gasteiger partial charge is 0.490 e. The van der Waals surface area contributed by atoms with Gasteiger partial charge < -0.3 is 15.4 Å². The number of nitrogens with zero attached hydrogens (tertiary/aromatic N) is 1. The van der Waals surface area contributed by atoms with E-state index in [1.165, 1.54) is 11.1 Å². The number of ether oxygens (including phenoxy) is 1. The first kappa shape index (κ1) is 27.8. The minimum atomic E-state index is -1.50. The molecule has 1 amide bonds. The van der Waals surface area contributed by atoms with Crippen LogP contribution >= 0.6 is 11.6 Å². The summed E-state index contributed by atoms with van der Waals surface area (Å²) in [6, 6.07) is 11.9. The lowest BCUT2D eigenvalue weighted by Crippen LogP contribution is -2.50. The lowest BCUT2D eigenvalue weighted by atomic mass is 9.68. The van der Waals surface area contributed by atoms with Crippen molar-refractivity contribution < 1.29 is 13.7 Å². The Kier molecular flexibility index (Phi) is 7.75. The number of nitrogens with one attached hydrogen (secondary N) is 1. The van der Waals surface area contributed by atoms with E-state index in [1.54, 1.807) is 6.07 Å². The minimum absolute atomic E-state index is 0.0000893. The number of rotatable bonds is 0. The molecule has 6 nitrogen and oxygen atoms in total. The Morgan fingerprint density at radius 3 is 2.83 bits per heavy atom. The highest BCUT2D eigenvalue weighted by Gasteiger charge is 2.44. The van der Waals surface area contributed by atoms with Gasteiger partial charge in [-0.05, 0) is 105 Å². The van der Waals surface area contributed by atoms with Crippen molar-refractivity contribution in [1.82, 2.24) is 4.72 Å². The number of hydrogen-bond acceptors (Lipinski definition) is 5. The van der Waals surface area contributed by atoms with Gasteiger partial charge >= 0.3 is 0 Å². The summed E-state index contributed by atoms with van der Waals surface area (Å²) < 4.78 is 22.4. The fourth-order valence-electron chi connectivity index (χ4n) is 7.11. The van der Waals surface area contributed by atoms with Gasteiger partial charge in [0.05, 0.1) is 17.5 Å². The van der Waals surface area contributed by atoms with Crippen LogP contribution in [-0.4, -0.2) is 41.1 Å². The van der Waals surface area contributed by atoms with Gasteiger partial charge in [-0.25, -0.2) is 4.21 Å². The van der Waals surface area contributed by atoms with Crippen LogP contribution in [-0.2, 0) is 22.8 Å². The molecule has 3 N–H and O–H groups in total. The molecule has 2 heterocycles. The van der Waals surface area contributed by atoms with E-state index in [-0.39, 0.29) is 28.5 Å². The highest BCUT2D eigenvalue weighted by atomic mass is 35.5. The van der Waals surface area contributed by atoms with Crippen molar-refractivity contribution >= 4 is 34.2 Å². The second kappa shape index (κ2) is 11.1. The number of fused-ring (bicyclic) bond motifs is 4. The predicted molar refractivity (Wildman–Crippen MR) is 162 cm³/mol. The van der Waals surface area contributed by atoms with Gasteiger partial charge in [-0.1, -0.05) is 36.7 Å². The number of benzene rings is 2. The Bertz CT molecular complexity index is 1350. The van der Waals surface area contributed by atoms with E-state index in [2.05, 4.69) is 40.8 Å². The standard InChI is InChI=1S/C32H40ClN3O3S/c1-20-5-3-7-28(34)26-11-8-24(26)17-36-18-32(14-4-6-22-15-25(33)10-12-27(22)32)19-39-30-13-9-23(16-29(30)36)31(37)35-40(38)21(20)2/h3,7,9-10,12-13,15-16,20-21,24,26,28H,4-6,8,11,14,17-19,34H2,1-2H3,(H,35,37)/b7-3+/t20?,21?,24?,26?,28?,32-,40?/m0/s1. The first-order chi connectivity index (χ1) is 19.2. The summed E-state index contributed by atoms with van der Waals surface area (Å²) in [5.74, 6) is 1.50. The fourth-order valence-corrected chi connectivity index (χ4v) is 8.32. The molecule has 40 heavy (non-hydrogen) atoms. The zero-order valence-corrected chi connectivity index (χ0v) is 25.0. The maximum Gasteiger partial charge on any atom is 0.263 e. The molecule has 0 aromatic heterocycles. The van der Waals surface area contributed by atoms with E-state index in [1.807, 2.05) is 25.1 Å². The molecule has 6 unspecified atom stereocenters. The number of amides is 1. The van der Waals surface area contributed by atoms with Gasteiger partial charge in [0.2, 0.25) is 0 Å². The zero-order chi connectivity index (χ0) is 28.0. The normalized spacial score (nSPS) is 34.9. The molecule has 2 bridgehead atoms. The van der Waals surface area contributed by atoms with Crippen LogP contribution in [0.5, 0.6) is 5.75 Å².